The smallest absolute Gasteiger partial charge is 0.0950 e. The molecular weight excluding hydrogens is 198 g/mol. The predicted octanol–water partition coefficient (Wildman–Crippen LogP) is 3.22. The summed E-state index contributed by atoms with van der Waals surface area (Å²) >= 11 is 0. The highest BCUT2D eigenvalue weighted by molar-refractivity contribution is 5.22. The zero-order chi connectivity index (χ0) is 11.4. The van der Waals surface area contributed by atoms with Crippen LogP contribution in [0.1, 0.15) is 29.2 Å². The molecule has 0 spiro atoms. The summed E-state index contributed by atoms with van der Waals surface area (Å²) in [6.07, 6.45) is 5.34. The van der Waals surface area contributed by atoms with Crippen LogP contribution in [0.5, 0.6) is 0 Å². The van der Waals surface area contributed by atoms with Crippen molar-refractivity contribution in [3.8, 4) is 0 Å². The van der Waals surface area contributed by atoms with Crippen LogP contribution in [-0.4, -0.2) is 0 Å². The Morgan fingerprint density at radius 2 is 1.94 bits per heavy atom. The molecule has 84 valence electrons. The van der Waals surface area contributed by atoms with Gasteiger partial charge in [0.1, 0.15) is 0 Å². The average Bonchev–Trinajstić information content (AvgIpc) is 2.81. The van der Waals surface area contributed by atoms with Gasteiger partial charge in [-0.25, -0.2) is 0 Å². The lowest BCUT2D eigenvalue weighted by Gasteiger charge is -2.09. The summed E-state index contributed by atoms with van der Waals surface area (Å²) in [4.78, 5) is 0. The Morgan fingerprint density at radius 1 is 1.19 bits per heavy atom. The Hall–Kier alpha value is -1.54. The van der Waals surface area contributed by atoms with Crippen molar-refractivity contribution < 1.29 is 4.42 Å². The third kappa shape index (κ3) is 2.74. The fourth-order valence-electron chi connectivity index (χ4n) is 1.73. The van der Waals surface area contributed by atoms with E-state index in [1.807, 2.05) is 6.07 Å². The van der Waals surface area contributed by atoms with E-state index in [4.69, 9.17) is 10.2 Å². The van der Waals surface area contributed by atoms with E-state index in [2.05, 4.69) is 31.2 Å². The SMILES string of the molecule is Cc1ccc(CCC(N)c2ccoc2)cc1. The molecule has 0 saturated carbocycles. The highest BCUT2D eigenvalue weighted by Gasteiger charge is 2.06. The molecule has 1 aromatic carbocycles. The highest BCUT2D eigenvalue weighted by Crippen LogP contribution is 2.17. The van der Waals surface area contributed by atoms with E-state index in [-0.39, 0.29) is 6.04 Å². The van der Waals surface area contributed by atoms with Gasteiger partial charge in [0.2, 0.25) is 0 Å². The minimum Gasteiger partial charge on any atom is -0.472 e. The largest absolute Gasteiger partial charge is 0.472 e. The van der Waals surface area contributed by atoms with Gasteiger partial charge in [-0.3, -0.25) is 0 Å². The molecule has 2 nitrogen and oxygen atoms in total. The maximum absolute atomic E-state index is 6.06. The van der Waals surface area contributed by atoms with Gasteiger partial charge < -0.3 is 10.2 Å². The van der Waals surface area contributed by atoms with Crippen LogP contribution in [0, 0.1) is 6.92 Å². The molecule has 0 fully saturated rings. The number of hydrogen-bond acceptors (Lipinski definition) is 2. The van der Waals surface area contributed by atoms with Crippen LogP contribution < -0.4 is 5.73 Å². The molecule has 2 heteroatoms. The van der Waals surface area contributed by atoms with Gasteiger partial charge in [0.25, 0.3) is 0 Å². The molecule has 0 aliphatic carbocycles. The fraction of sp³-hybridized carbons (Fsp3) is 0.286. The molecule has 1 heterocycles. The molecule has 0 aliphatic rings. The lowest BCUT2D eigenvalue weighted by molar-refractivity contribution is 0.554. The van der Waals surface area contributed by atoms with Gasteiger partial charge in [0.05, 0.1) is 12.5 Å². The molecule has 2 aromatic rings. The fourth-order valence-corrected chi connectivity index (χ4v) is 1.73. The first-order chi connectivity index (χ1) is 7.75. The van der Waals surface area contributed by atoms with Crippen molar-refractivity contribution in [3.05, 3.63) is 59.5 Å². The van der Waals surface area contributed by atoms with Gasteiger partial charge in [0, 0.05) is 11.6 Å². The van der Waals surface area contributed by atoms with Gasteiger partial charge in [-0.1, -0.05) is 29.8 Å². The van der Waals surface area contributed by atoms with Crippen LogP contribution in [0.3, 0.4) is 0 Å². The summed E-state index contributed by atoms with van der Waals surface area (Å²) in [5.74, 6) is 0. The van der Waals surface area contributed by atoms with Crippen molar-refractivity contribution in [3.63, 3.8) is 0 Å². The van der Waals surface area contributed by atoms with E-state index < -0.39 is 0 Å². The maximum atomic E-state index is 6.06. The number of rotatable bonds is 4. The molecule has 2 rings (SSSR count). The second kappa shape index (κ2) is 4.99. The van der Waals surface area contributed by atoms with Crippen molar-refractivity contribution in [1.29, 1.82) is 0 Å². The third-order valence-corrected chi connectivity index (χ3v) is 2.84. The Bertz CT molecular complexity index is 417. The summed E-state index contributed by atoms with van der Waals surface area (Å²) in [7, 11) is 0. The third-order valence-electron chi connectivity index (χ3n) is 2.84. The Labute approximate surface area is 96.1 Å². The highest BCUT2D eigenvalue weighted by atomic mass is 16.3. The van der Waals surface area contributed by atoms with E-state index in [1.54, 1.807) is 12.5 Å². The van der Waals surface area contributed by atoms with Crippen LogP contribution in [0.4, 0.5) is 0 Å². The van der Waals surface area contributed by atoms with E-state index in [0.717, 1.165) is 18.4 Å². The molecule has 1 unspecified atom stereocenters. The monoisotopic (exact) mass is 215 g/mol. The van der Waals surface area contributed by atoms with Crippen LogP contribution in [0.2, 0.25) is 0 Å². The maximum Gasteiger partial charge on any atom is 0.0950 e. The zero-order valence-electron chi connectivity index (χ0n) is 9.52. The number of hydrogen-bond donors (Lipinski definition) is 1. The lowest BCUT2D eigenvalue weighted by atomic mass is 10.0. The molecule has 0 saturated heterocycles. The van der Waals surface area contributed by atoms with Gasteiger partial charge in [-0.05, 0) is 31.4 Å². The van der Waals surface area contributed by atoms with Crippen molar-refractivity contribution in [2.75, 3.05) is 0 Å². The molecule has 2 N–H and O–H groups in total. The second-order valence-electron chi connectivity index (χ2n) is 4.19. The van der Waals surface area contributed by atoms with Crippen LogP contribution in [0.15, 0.2) is 47.3 Å². The normalized spacial score (nSPS) is 12.6. The Kier molecular flexibility index (Phi) is 3.42. The van der Waals surface area contributed by atoms with Gasteiger partial charge in [-0.2, -0.15) is 0 Å². The second-order valence-corrected chi connectivity index (χ2v) is 4.19. The summed E-state index contributed by atoms with van der Waals surface area (Å²) in [5, 5.41) is 0. The van der Waals surface area contributed by atoms with Crippen molar-refractivity contribution in [2.45, 2.75) is 25.8 Å². The first kappa shape index (κ1) is 11.0. The van der Waals surface area contributed by atoms with Crippen LogP contribution >= 0.6 is 0 Å². The van der Waals surface area contributed by atoms with Gasteiger partial charge in [-0.15, -0.1) is 0 Å². The molecule has 0 radical (unpaired) electrons. The van der Waals surface area contributed by atoms with E-state index >= 15 is 0 Å². The molecule has 1 atom stereocenters. The van der Waals surface area contributed by atoms with E-state index in [9.17, 15) is 0 Å². The topological polar surface area (TPSA) is 39.2 Å². The zero-order valence-corrected chi connectivity index (χ0v) is 9.52. The molecule has 16 heavy (non-hydrogen) atoms. The predicted molar refractivity (Wildman–Crippen MR) is 65.1 cm³/mol. The van der Waals surface area contributed by atoms with Crippen molar-refractivity contribution >= 4 is 0 Å². The summed E-state index contributed by atoms with van der Waals surface area (Å²) in [5.41, 5.74) is 9.77. The van der Waals surface area contributed by atoms with E-state index in [0.29, 0.717) is 0 Å². The van der Waals surface area contributed by atoms with Crippen molar-refractivity contribution in [2.24, 2.45) is 5.73 Å². The standard InChI is InChI=1S/C14H17NO/c1-11-2-4-12(5-3-11)6-7-14(15)13-8-9-16-10-13/h2-5,8-10,14H,6-7,15H2,1H3. The number of furan rings is 1. The summed E-state index contributed by atoms with van der Waals surface area (Å²) < 4.78 is 5.02. The summed E-state index contributed by atoms with van der Waals surface area (Å²) in [6, 6.07) is 10.6. The van der Waals surface area contributed by atoms with Gasteiger partial charge >= 0.3 is 0 Å². The van der Waals surface area contributed by atoms with Crippen molar-refractivity contribution in [1.82, 2.24) is 0 Å². The van der Waals surface area contributed by atoms with Crippen LogP contribution in [0.25, 0.3) is 0 Å². The Morgan fingerprint density at radius 3 is 2.56 bits per heavy atom. The number of aryl methyl sites for hydroxylation is 2. The summed E-state index contributed by atoms with van der Waals surface area (Å²) in [6.45, 7) is 2.10. The minimum absolute atomic E-state index is 0.0695. The number of nitrogens with two attached hydrogens (primary N) is 1. The molecule has 1 aromatic heterocycles. The molecule has 0 bridgehead atoms. The van der Waals surface area contributed by atoms with Crippen LogP contribution in [-0.2, 0) is 6.42 Å². The van der Waals surface area contributed by atoms with E-state index in [1.165, 1.54) is 11.1 Å². The lowest BCUT2D eigenvalue weighted by Crippen LogP contribution is -2.10. The molecule has 0 amide bonds. The first-order valence-electron chi connectivity index (χ1n) is 5.59. The number of benzene rings is 1. The average molecular weight is 215 g/mol. The molecular formula is C14H17NO. The molecule has 0 aliphatic heterocycles. The quantitative estimate of drug-likeness (QED) is 0.850. The first-order valence-corrected chi connectivity index (χ1v) is 5.59. The van der Waals surface area contributed by atoms with Gasteiger partial charge in [0.15, 0.2) is 0 Å². The minimum atomic E-state index is 0.0695. The Balaban J connectivity index is 1.90.